The summed E-state index contributed by atoms with van der Waals surface area (Å²) in [5, 5.41) is 7.41. The van der Waals surface area contributed by atoms with Crippen molar-refractivity contribution in [3.63, 3.8) is 0 Å². The molecule has 2 aliphatic rings. The molecule has 1 aliphatic heterocycles. The quantitative estimate of drug-likeness (QED) is 0.915. The number of carbonyl (C=O) groups is 1. The number of nitrogens with one attached hydrogen (secondary N) is 1. The Hall–Kier alpha value is -1.37. The van der Waals surface area contributed by atoms with Crippen LogP contribution in [0.1, 0.15) is 60.7 Å². The fraction of sp³-hybridized carbons (Fsp3) is 0.733. The zero-order valence-corrected chi connectivity index (χ0v) is 13.7. The van der Waals surface area contributed by atoms with Gasteiger partial charge < -0.3 is 5.32 Å². The minimum Gasteiger partial charge on any atom is -0.348 e. The summed E-state index contributed by atoms with van der Waals surface area (Å²) in [5.41, 5.74) is 1.24. The van der Waals surface area contributed by atoms with Crippen molar-refractivity contribution >= 4 is 15.7 Å². The van der Waals surface area contributed by atoms with Crippen molar-refractivity contribution in [1.82, 2.24) is 15.1 Å². The second-order valence-corrected chi connectivity index (χ2v) is 8.71. The van der Waals surface area contributed by atoms with Crippen molar-refractivity contribution in [2.45, 2.75) is 57.5 Å². The van der Waals surface area contributed by atoms with Crippen LogP contribution in [0.3, 0.4) is 0 Å². The molecule has 22 heavy (non-hydrogen) atoms. The number of rotatable bonds is 3. The molecule has 1 unspecified atom stereocenters. The van der Waals surface area contributed by atoms with E-state index in [2.05, 4.69) is 10.4 Å². The molecule has 2 heterocycles. The Kier molecular flexibility index (Phi) is 4.25. The van der Waals surface area contributed by atoms with E-state index in [9.17, 15) is 13.2 Å². The van der Waals surface area contributed by atoms with Crippen LogP contribution in [-0.2, 0) is 9.84 Å². The van der Waals surface area contributed by atoms with Gasteiger partial charge in [0.1, 0.15) is 5.69 Å². The average Bonchev–Trinajstić information content (AvgIpc) is 3.02. The Bertz CT molecular complexity index is 660. The molecule has 1 aliphatic carbocycles. The van der Waals surface area contributed by atoms with Gasteiger partial charge in [-0.05, 0) is 32.3 Å². The highest BCUT2D eigenvalue weighted by Gasteiger charge is 2.31. The van der Waals surface area contributed by atoms with Crippen LogP contribution in [0.2, 0.25) is 0 Å². The molecular formula is C15H23N3O3S. The van der Waals surface area contributed by atoms with Gasteiger partial charge in [-0.1, -0.05) is 19.3 Å². The third-order valence-corrected chi connectivity index (χ3v) is 6.40. The van der Waals surface area contributed by atoms with E-state index >= 15 is 0 Å². The summed E-state index contributed by atoms with van der Waals surface area (Å²) in [5.74, 6) is 0.189. The molecule has 0 bridgehead atoms. The molecule has 1 atom stereocenters. The lowest BCUT2D eigenvalue weighted by molar-refractivity contribution is 0.0921. The van der Waals surface area contributed by atoms with Crippen LogP contribution >= 0.6 is 0 Å². The second-order valence-electron chi connectivity index (χ2n) is 6.48. The van der Waals surface area contributed by atoms with Crippen LogP contribution in [-0.4, -0.2) is 41.7 Å². The summed E-state index contributed by atoms with van der Waals surface area (Å²) in [7, 11) is -2.96. The van der Waals surface area contributed by atoms with Gasteiger partial charge >= 0.3 is 0 Å². The van der Waals surface area contributed by atoms with E-state index in [0.717, 1.165) is 18.5 Å². The zero-order valence-electron chi connectivity index (χ0n) is 12.9. The first kappa shape index (κ1) is 15.5. The molecule has 7 heteroatoms. The monoisotopic (exact) mass is 325 g/mol. The smallest absolute Gasteiger partial charge is 0.272 e. The number of nitrogens with zero attached hydrogens (tertiary/aromatic N) is 2. The van der Waals surface area contributed by atoms with Gasteiger partial charge in [-0.3, -0.25) is 9.48 Å². The molecular weight excluding hydrogens is 302 g/mol. The van der Waals surface area contributed by atoms with Gasteiger partial charge in [0, 0.05) is 11.7 Å². The van der Waals surface area contributed by atoms with Gasteiger partial charge in [-0.25, -0.2) is 8.42 Å². The topological polar surface area (TPSA) is 81.1 Å². The number of hydrogen-bond acceptors (Lipinski definition) is 4. The average molecular weight is 325 g/mol. The maximum Gasteiger partial charge on any atom is 0.272 e. The first-order chi connectivity index (χ1) is 10.4. The van der Waals surface area contributed by atoms with E-state index in [0.29, 0.717) is 12.1 Å². The summed E-state index contributed by atoms with van der Waals surface area (Å²) in [6.07, 6.45) is 6.22. The lowest BCUT2D eigenvalue weighted by Gasteiger charge is -2.22. The Morgan fingerprint density at radius 1 is 1.27 bits per heavy atom. The first-order valence-electron chi connectivity index (χ1n) is 8.02. The van der Waals surface area contributed by atoms with Crippen LogP contribution in [0.4, 0.5) is 0 Å². The minimum absolute atomic E-state index is 0.124. The molecule has 2 fully saturated rings. The Labute approximate surface area is 131 Å². The lowest BCUT2D eigenvalue weighted by Crippen LogP contribution is -2.36. The number of aryl methyl sites for hydroxylation is 1. The lowest BCUT2D eigenvalue weighted by atomic mass is 9.95. The Morgan fingerprint density at radius 3 is 2.64 bits per heavy atom. The summed E-state index contributed by atoms with van der Waals surface area (Å²) >= 11 is 0. The third kappa shape index (κ3) is 3.34. The van der Waals surface area contributed by atoms with Crippen molar-refractivity contribution < 1.29 is 13.2 Å². The highest BCUT2D eigenvalue weighted by molar-refractivity contribution is 7.91. The van der Waals surface area contributed by atoms with Crippen LogP contribution in [0.5, 0.6) is 0 Å². The predicted octanol–water partition coefficient (Wildman–Crippen LogP) is 1.61. The van der Waals surface area contributed by atoms with Crippen molar-refractivity contribution in [1.29, 1.82) is 0 Å². The van der Waals surface area contributed by atoms with Crippen LogP contribution in [0.15, 0.2) is 6.07 Å². The van der Waals surface area contributed by atoms with E-state index in [1.807, 2.05) is 6.92 Å². The molecule has 0 spiro atoms. The molecule has 1 saturated carbocycles. The van der Waals surface area contributed by atoms with Crippen LogP contribution in [0, 0.1) is 6.92 Å². The molecule has 1 aromatic rings. The second kappa shape index (κ2) is 6.02. The number of sulfone groups is 1. The molecule has 6 nitrogen and oxygen atoms in total. The van der Waals surface area contributed by atoms with E-state index in [-0.39, 0.29) is 29.5 Å². The number of carbonyl (C=O) groups excluding carboxylic acids is 1. The highest BCUT2D eigenvalue weighted by atomic mass is 32.2. The SMILES string of the molecule is Cc1cc(C(=O)NC2CCCCC2)nn1C1CCS(=O)(=O)C1. The van der Waals surface area contributed by atoms with E-state index in [4.69, 9.17) is 0 Å². The molecule has 122 valence electrons. The van der Waals surface area contributed by atoms with Crippen molar-refractivity contribution in [3.05, 3.63) is 17.5 Å². The van der Waals surface area contributed by atoms with Crippen molar-refractivity contribution in [2.24, 2.45) is 0 Å². The minimum atomic E-state index is -2.96. The van der Waals surface area contributed by atoms with Crippen LogP contribution in [0.25, 0.3) is 0 Å². The van der Waals surface area contributed by atoms with E-state index in [1.54, 1.807) is 10.7 Å². The summed E-state index contributed by atoms with van der Waals surface area (Å²) in [6, 6.07) is 1.86. The fourth-order valence-corrected chi connectivity index (χ4v) is 5.13. The summed E-state index contributed by atoms with van der Waals surface area (Å²) < 4.78 is 24.9. The van der Waals surface area contributed by atoms with Gasteiger partial charge in [-0.2, -0.15) is 5.10 Å². The molecule has 0 aromatic carbocycles. The maximum atomic E-state index is 12.3. The van der Waals surface area contributed by atoms with Crippen molar-refractivity contribution in [2.75, 3.05) is 11.5 Å². The molecule has 1 amide bonds. The molecule has 3 rings (SSSR count). The number of amides is 1. The largest absolute Gasteiger partial charge is 0.348 e. The number of aromatic nitrogens is 2. The van der Waals surface area contributed by atoms with Crippen molar-refractivity contribution in [3.8, 4) is 0 Å². The molecule has 1 aromatic heterocycles. The molecule has 1 N–H and O–H groups in total. The molecule has 0 radical (unpaired) electrons. The van der Waals surface area contributed by atoms with Gasteiger partial charge in [0.2, 0.25) is 0 Å². The zero-order chi connectivity index (χ0) is 15.7. The molecule has 1 saturated heterocycles. The fourth-order valence-electron chi connectivity index (χ4n) is 3.44. The number of hydrogen-bond donors (Lipinski definition) is 1. The highest BCUT2D eigenvalue weighted by Crippen LogP contribution is 2.25. The Balaban J connectivity index is 1.70. The van der Waals surface area contributed by atoms with Gasteiger partial charge in [0.15, 0.2) is 9.84 Å². The maximum absolute atomic E-state index is 12.3. The first-order valence-corrected chi connectivity index (χ1v) is 9.84. The standard InChI is InChI=1S/C15H23N3O3S/c1-11-9-14(15(19)16-12-5-3-2-4-6-12)17-18(11)13-7-8-22(20,21)10-13/h9,12-13H,2-8,10H2,1H3,(H,16,19). The normalized spacial score (nSPS) is 25.2. The third-order valence-electron chi connectivity index (χ3n) is 4.65. The van der Waals surface area contributed by atoms with Crippen LogP contribution < -0.4 is 5.32 Å². The van der Waals surface area contributed by atoms with Gasteiger partial charge in [0.25, 0.3) is 5.91 Å². The summed E-state index contributed by atoms with van der Waals surface area (Å²) in [6.45, 7) is 1.87. The summed E-state index contributed by atoms with van der Waals surface area (Å²) in [4.78, 5) is 12.3. The van der Waals surface area contributed by atoms with E-state index in [1.165, 1.54) is 19.3 Å². The van der Waals surface area contributed by atoms with Gasteiger partial charge in [0.05, 0.1) is 17.5 Å². The predicted molar refractivity (Wildman–Crippen MR) is 83.6 cm³/mol. The Morgan fingerprint density at radius 2 is 2.00 bits per heavy atom. The van der Waals surface area contributed by atoms with Gasteiger partial charge in [-0.15, -0.1) is 0 Å². The van der Waals surface area contributed by atoms with E-state index < -0.39 is 9.84 Å².